The zero-order valence-electron chi connectivity index (χ0n) is 11.0. The molecule has 1 aromatic carbocycles. The molecule has 19 heavy (non-hydrogen) atoms. The molecule has 4 nitrogen and oxygen atoms in total. The van der Waals surface area contributed by atoms with Crippen molar-refractivity contribution >= 4 is 0 Å². The van der Waals surface area contributed by atoms with E-state index in [2.05, 4.69) is 4.90 Å². The van der Waals surface area contributed by atoms with E-state index in [4.69, 9.17) is 9.47 Å². The number of ether oxygens (including phenoxy) is 2. The summed E-state index contributed by atoms with van der Waals surface area (Å²) in [5.41, 5.74) is 0.948. The lowest BCUT2D eigenvalue weighted by molar-refractivity contribution is 0.174. The number of hydrogen-bond donors (Lipinski definition) is 1. The van der Waals surface area contributed by atoms with E-state index in [1.807, 2.05) is 6.07 Å². The molecule has 4 heteroatoms. The van der Waals surface area contributed by atoms with E-state index >= 15 is 0 Å². The number of nitrogens with zero attached hydrogens (tertiary/aromatic N) is 1. The lowest BCUT2D eigenvalue weighted by atomic mass is 10.0. The maximum Gasteiger partial charge on any atom is 0.231 e. The van der Waals surface area contributed by atoms with Crippen LogP contribution < -0.4 is 9.47 Å². The van der Waals surface area contributed by atoms with Gasteiger partial charge in [0.1, 0.15) is 5.75 Å². The van der Waals surface area contributed by atoms with Crippen LogP contribution in [0.5, 0.6) is 17.2 Å². The van der Waals surface area contributed by atoms with E-state index in [1.54, 1.807) is 6.07 Å². The van der Waals surface area contributed by atoms with E-state index in [1.165, 1.54) is 32.4 Å². The monoisotopic (exact) mass is 261 g/mol. The highest BCUT2D eigenvalue weighted by molar-refractivity contribution is 5.51. The van der Waals surface area contributed by atoms with Crippen LogP contribution in [0.4, 0.5) is 0 Å². The van der Waals surface area contributed by atoms with Crippen molar-refractivity contribution in [3.63, 3.8) is 0 Å². The van der Waals surface area contributed by atoms with Gasteiger partial charge in [0.05, 0.1) is 0 Å². The summed E-state index contributed by atoms with van der Waals surface area (Å²) < 4.78 is 10.7. The minimum absolute atomic E-state index is 0.256. The smallest absolute Gasteiger partial charge is 0.231 e. The van der Waals surface area contributed by atoms with Crippen molar-refractivity contribution in [3.05, 3.63) is 17.7 Å². The molecule has 2 fully saturated rings. The largest absolute Gasteiger partial charge is 0.507 e. The van der Waals surface area contributed by atoms with Crippen LogP contribution in [-0.4, -0.2) is 29.9 Å². The number of likely N-dealkylation sites (tertiary alicyclic amines) is 1. The molecule has 1 saturated heterocycles. The molecule has 1 aromatic rings. The molecule has 1 aliphatic carbocycles. The van der Waals surface area contributed by atoms with Gasteiger partial charge in [0, 0.05) is 31.3 Å². The summed E-state index contributed by atoms with van der Waals surface area (Å²) in [5.74, 6) is 3.50. The first-order chi connectivity index (χ1) is 9.29. The third kappa shape index (κ3) is 1.94. The fraction of sp³-hybridized carbons (Fsp3) is 0.600. The quantitative estimate of drug-likeness (QED) is 0.887. The van der Waals surface area contributed by atoms with Gasteiger partial charge >= 0.3 is 0 Å². The standard InChI is InChI=1S/C15H19NO3/c17-13-5-15-14(18-9-19-15)4-12(13)8-16-6-10-2-1-3-11(10)7-16/h4-5,10-11,17H,1-3,6-9H2. The van der Waals surface area contributed by atoms with Gasteiger partial charge in [-0.2, -0.15) is 0 Å². The van der Waals surface area contributed by atoms with Crippen molar-refractivity contribution in [2.24, 2.45) is 11.8 Å². The van der Waals surface area contributed by atoms with Crippen molar-refractivity contribution in [1.29, 1.82) is 0 Å². The molecular formula is C15H19NO3. The second-order valence-electron chi connectivity index (χ2n) is 5.98. The molecule has 2 heterocycles. The molecule has 1 saturated carbocycles. The molecular weight excluding hydrogens is 242 g/mol. The average molecular weight is 261 g/mol. The summed E-state index contributed by atoms with van der Waals surface area (Å²) in [7, 11) is 0. The Balaban J connectivity index is 1.51. The van der Waals surface area contributed by atoms with Crippen LogP contribution in [0, 0.1) is 11.8 Å². The summed E-state index contributed by atoms with van der Waals surface area (Å²) in [4.78, 5) is 2.46. The Hall–Kier alpha value is -1.42. The molecule has 102 valence electrons. The van der Waals surface area contributed by atoms with Crippen LogP contribution in [0.25, 0.3) is 0 Å². The number of hydrogen-bond acceptors (Lipinski definition) is 4. The number of aromatic hydroxyl groups is 1. The van der Waals surface area contributed by atoms with Gasteiger partial charge in [0.2, 0.25) is 6.79 Å². The molecule has 0 aromatic heterocycles. The van der Waals surface area contributed by atoms with E-state index in [0.717, 1.165) is 29.7 Å². The Morgan fingerprint density at radius 2 is 1.79 bits per heavy atom. The highest BCUT2D eigenvalue weighted by Gasteiger charge is 2.36. The highest BCUT2D eigenvalue weighted by Crippen LogP contribution is 2.41. The number of fused-ring (bicyclic) bond motifs is 2. The van der Waals surface area contributed by atoms with Gasteiger partial charge in [-0.05, 0) is 30.7 Å². The summed E-state index contributed by atoms with van der Waals surface area (Å²) in [6.45, 7) is 3.43. The first-order valence-electron chi connectivity index (χ1n) is 7.13. The van der Waals surface area contributed by atoms with Crippen LogP contribution in [0.2, 0.25) is 0 Å². The molecule has 2 aliphatic heterocycles. The maximum atomic E-state index is 10.1. The number of phenolic OH excluding ortho intramolecular Hbond substituents is 1. The van der Waals surface area contributed by atoms with Crippen LogP contribution >= 0.6 is 0 Å². The summed E-state index contributed by atoms with van der Waals surface area (Å²) in [6.07, 6.45) is 4.17. The number of rotatable bonds is 2. The lowest BCUT2D eigenvalue weighted by Gasteiger charge is -2.17. The Bertz CT molecular complexity index is 490. The first kappa shape index (κ1) is 11.4. The van der Waals surface area contributed by atoms with Gasteiger partial charge in [-0.15, -0.1) is 0 Å². The van der Waals surface area contributed by atoms with Crippen molar-refractivity contribution in [1.82, 2.24) is 4.90 Å². The third-order valence-electron chi connectivity index (χ3n) is 4.77. The van der Waals surface area contributed by atoms with Gasteiger partial charge in [-0.25, -0.2) is 0 Å². The van der Waals surface area contributed by atoms with Gasteiger partial charge in [-0.1, -0.05) is 6.42 Å². The van der Waals surface area contributed by atoms with Crippen LogP contribution in [0.15, 0.2) is 12.1 Å². The minimum Gasteiger partial charge on any atom is -0.507 e. The minimum atomic E-state index is 0.256. The maximum absolute atomic E-state index is 10.1. The van der Waals surface area contributed by atoms with Crippen LogP contribution in [0.3, 0.4) is 0 Å². The van der Waals surface area contributed by atoms with Crippen molar-refractivity contribution in [2.75, 3.05) is 19.9 Å². The second kappa shape index (κ2) is 4.30. The molecule has 3 aliphatic rings. The lowest BCUT2D eigenvalue weighted by Crippen LogP contribution is -2.21. The SMILES string of the molecule is Oc1cc2c(cc1CN1CC3CCCC3C1)OCO2. The molecule has 0 amide bonds. The summed E-state index contributed by atoms with van der Waals surface area (Å²) in [6, 6.07) is 3.60. The molecule has 0 spiro atoms. The fourth-order valence-electron chi connectivity index (χ4n) is 3.80. The normalized spacial score (nSPS) is 28.8. The zero-order chi connectivity index (χ0) is 12.8. The molecule has 2 unspecified atom stereocenters. The van der Waals surface area contributed by atoms with Crippen molar-refractivity contribution in [3.8, 4) is 17.2 Å². The number of phenols is 1. The Morgan fingerprint density at radius 1 is 1.11 bits per heavy atom. The second-order valence-corrected chi connectivity index (χ2v) is 5.98. The van der Waals surface area contributed by atoms with Gasteiger partial charge < -0.3 is 14.6 Å². The van der Waals surface area contributed by atoms with Crippen LogP contribution in [0.1, 0.15) is 24.8 Å². The molecule has 2 atom stereocenters. The Labute approximate surface area is 112 Å². The predicted molar refractivity (Wildman–Crippen MR) is 70.3 cm³/mol. The molecule has 1 N–H and O–H groups in total. The summed E-state index contributed by atoms with van der Waals surface area (Å²) >= 11 is 0. The zero-order valence-corrected chi connectivity index (χ0v) is 11.0. The Kier molecular flexibility index (Phi) is 2.58. The van der Waals surface area contributed by atoms with Crippen molar-refractivity contribution < 1.29 is 14.6 Å². The molecule has 0 bridgehead atoms. The number of benzene rings is 1. The van der Waals surface area contributed by atoms with Gasteiger partial charge in [-0.3, -0.25) is 4.90 Å². The topological polar surface area (TPSA) is 41.9 Å². The fourth-order valence-corrected chi connectivity index (χ4v) is 3.80. The molecule has 0 radical (unpaired) electrons. The van der Waals surface area contributed by atoms with E-state index in [0.29, 0.717) is 11.5 Å². The van der Waals surface area contributed by atoms with Crippen molar-refractivity contribution in [2.45, 2.75) is 25.8 Å². The van der Waals surface area contributed by atoms with Crippen LogP contribution in [-0.2, 0) is 6.54 Å². The average Bonchev–Trinajstić information content (AvgIpc) is 3.04. The molecule has 4 rings (SSSR count). The Morgan fingerprint density at radius 3 is 2.53 bits per heavy atom. The van der Waals surface area contributed by atoms with E-state index < -0.39 is 0 Å². The van der Waals surface area contributed by atoms with Gasteiger partial charge in [0.15, 0.2) is 11.5 Å². The van der Waals surface area contributed by atoms with E-state index in [-0.39, 0.29) is 6.79 Å². The predicted octanol–water partition coefficient (Wildman–Crippen LogP) is 2.35. The third-order valence-corrected chi connectivity index (χ3v) is 4.77. The van der Waals surface area contributed by atoms with E-state index in [9.17, 15) is 5.11 Å². The summed E-state index contributed by atoms with van der Waals surface area (Å²) in [5, 5.41) is 10.1. The highest BCUT2D eigenvalue weighted by atomic mass is 16.7. The first-order valence-corrected chi connectivity index (χ1v) is 7.13. The van der Waals surface area contributed by atoms with Gasteiger partial charge in [0.25, 0.3) is 0 Å².